The van der Waals surface area contributed by atoms with Crippen molar-refractivity contribution in [3.8, 4) is 10.6 Å². The van der Waals surface area contributed by atoms with Gasteiger partial charge < -0.3 is 10.6 Å². The molecule has 5 nitrogen and oxygen atoms in total. The lowest BCUT2D eigenvalue weighted by molar-refractivity contribution is -0.136. The van der Waals surface area contributed by atoms with Gasteiger partial charge in [-0.3, -0.25) is 9.59 Å². The third-order valence-electron chi connectivity index (χ3n) is 3.58. The predicted octanol–water partition coefficient (Wildman–Crippen LogP) is 3.90. The Balaban J connectivity index is 1.49. The molecule has 27 heavy (non-hydrogen) atoms. The van der Waals surface area contributed by atoms with E-state index in [2.05, 4.69) is 15.6 Å². The van der Waals surface area contributed by atoms with E-state index in [0.29, 0.717) is 27.7 Å². The van der Waals surface area contributed by atoms with Gasteiger partial charge in [0.1, 0.15) is 10.8 Å². The van der Waals surface area contributed by atoms with E-state index < -0.39 is 11.8 Å². The van der Waals surface area contributed by atoms with Crippen molar-refractivity contribution >= 4 is 40.4 Å². The molecular formula is C19H15ClFN3O2S. The number of carbonyl (C=O) groups is 2. The topological polar surface area (TPSA) is 71.1 Å². The SMILES string of the molecule is O=C(NCCc1csc(-c2cccc(F)c2)n1)C(=O)Nc1cccc(Cl)c1. The summed E-state index contributed by atoms with van der Waals surface area (Å²) >= 11 is 7.23. The molecule has 0 fully saturated rings. The lowest BCUT2D eigenvalue weighted by Crippen LogP contribution is -2.36. The van der Waals surface area contributed by atoms with Crippen molar-refractivity contribution in [2.75, 3.05) is 11.9 Å². The molecular weight excluding hydrogens is 389 g/mol. The number of benzene rings is 2. The Kier molecular flexibility index (Phi) is 6.16. The van der Waals surface area contributed by atoms with E-state index in [9.17, 15) is 14.0 Å². The van der Waals surface area contributed by atoms with Crippen LogP contribution in [0.2, 0.25) is 5.02 Å². The van der Waals surface area contributed by atoms with Gasteiger partial charge in [0.25, 0.3) is 0 Å². The maximum atomic E-state index is 13.3. The van der Waals surface area contributed by atoms with E-state index in [0.717, 1.165) is 5.69 Å². The predicted molar refractivity (Wildman–Crippen MR) is 104 cm³/mol. The molecule has 0 unspecified atom stereocenters. The molecule has 3 rings (SSSR count). The molecule has 1 heterocycles. The summed E-state index contributed by atoms with van der Waals surface area (Å²) in [6.45, 7) is 0.258. The van der Waals surface area contributed by atoms with Gasteiger partial charge in [-0.05, 0) is 30.3 Å². The van der Waals surface area contributed by atoms with Gasteiger partial charge >= 0.3 is 11.8 Å². The van der Waals surface area contributed by atoms with E-state index in [4.69, 9.17) is 11.6 Å². The average molecular weight is 404 g/mol. The Morgan fingerprint density at radius 3 is 2.70 bits per heavy atom. The lowest BCUT2D eigenvalue weighted by Gasteiger charge is -2.06. The molecule has 0 saturated heterocycles. The molecule has 0 atom stereocenters. The van der Waals surface area contributed by atoms with Crippen LogP contribution >= 0.6 is 22.9 Å². The summed E-state index contributed by atoms with van der Waals surface area (Å²) in [5, 5.41) is 8.03. The second kappa shape index (κ2) is 8.75. The average Bonchev–Trinajstić information content (AvgIpc) is 3.10. The highest BCUT2D eigenvalue weighted by Gasteiger charge is 2.13. The summed E-state index contributed by atoms with van der Waals surface area (Å²) < 4.78 is 13.3. The highest BCUT2D eigenvalue weighted by molar-refractivity contribution is 7.13. The van der Waals surface area contributed by atoms with E-state index in [1.54, 1.807) is 36.4 Å². The minimum atomic E-state index is -0.768. The fraction of sp³-hybridized carbons (Fsp3) is 0.105. The van der Waals surface area contributed by atoms with Gasteiger partial charge in [0.15, 0.2) is 0 Å². The third-order valence-corrected chi connectivity index (χ3v) is 4.75. The molecule has 2 N–H and O–H groups in total. The number of hydrogen-bond acceptors (Lipinski definition) is 4. The van der Waals surface area contributed by atoms with Crippen LogP contribution in [0.4, 0.5) is 10.1 Å². The smallest absolute Gasteiger partial charge is 0.313 e. The van der Waals surface area contributed by atoms with Gasteiger partial charge in [-0.2, -0.15) is 0 Å². The van der Waals surface area contributed by atoms with Crippen molar-refractivity contribution in [3.63, 3.8) is 0 Å². The molecule has 8 heteroatoms. The van der Waals surface area contributed by atoms with Crippen molar-refractivity contribution in [1.82, 2.24) is 10.3 Å². The first kappa shape index (κ1) is 19.0. The van der Waals surface area contributed by atoms with Crippen molar-refractivity contribution in [1.29, 1.82) is 0 Å². The minimum Gasteiger partial charge on any atom is -0.347 e. The monoisotopic (exact) mass is 403 g/mol. The first-order valence-electron chi connectivity index (χ1n) is 8.06. The zero-order chi connectivity index (χ0) is 19.2. The second-order valence-electron chi connectivity index (χ2n) is 5.62. The van der Waals surface area contributed by atoms with Gasteiger partial charge in [0, 0.05) is 34.6 Å². The van der Waals surface area contributed by atoms with Crippen LogP contribution in [0.25, 0.3) is 10.6 Å². The van der Waals surface area contributed by atoms with Crippen LogP contribution in [-0.4, -0.2) is 23.3 Å². The first-order chi connectivity index (χ1) is 13.0. The van der Waals surface area contributed by atoms with Crippen LogP contribution in [0.3, 0.4) is 0 Å². The number of aromatic nitrogens is 1. The van der Waals surface area contributed by atoms with E-state index in [1.165, 1.54) is 23.5 Å². The molecule has 1 aromatic heterocycles. The summed E-state index contributed by atoms with van der Waals surface area (Å²) in [5.74, 6) is -1.83. The van der Waals surface area contributed by atoms with Crippen LogP contribution in [0.5, 0.6) is 0 Å². The van der Waals surface area contributed by atoms with E-state index in [1.807, 2.05) is 5.38 Å². The Labute approximate surface area is 164 Å². The third kappa shape index (κ3) is 5.35. The largest absolute Gasteiger partial charge is 0.347 e. The molecule has 138 valence electrons. The minimum absolute atomic E-state index is 0.258. The zero-order valence-electron chi connectivity index (χ0n) is 14.0. The number of nitrogens with zero attached hydrogens (tertiary/aromatic N) is 1. The molecule has 3 aromatic rings. The molecule has 0 bridgehead atoms. The van der Waals surface area contributed by atoms with Crippen LogP contribution in [0.1, 0.15) is 5.69 Å². The number of rotatable bonds is 5. The van der Waals surface area contributed by atoms with Gasteiger partial charge in [-0.1, -0.05) is 29.8 Å². The molecule has 2 amide bonds. The standard InChI is InChI=1S/C19H15ClFN3O2S/c20-13-4-2-6-15(10-13)23-18(26)17(25)22-8-7-16-11-27-19(24-16)12-3-1-5-14(21)9-12/h1-6,9-11H,7-8H2,(H,22,25)(H,23,26). The van der Waals surface area contributed by atoms with Crippen LogP contribution in [0.15, 0.2) is 53.9 Å². The Morgan fingerprint density at radius 2 is 1.93 bits per heavy atom. The summed E-state index contributed by atoms with van der Waals surface area (Å²) in [7, 11) is 0. The second-order valence-corrected chi connectivity index (χ2v) is 6.92. The normalized spacial score (nSPS) is 10.4. The van der Waals surface area contributed by atoms with Gasteiger partial charge in [0.05, 0.1) is 5.69 Å². The fourth-order valence-electron chi connectivity index (χ4n) is 2.31. The van der Waals surface area contributed by atoms with Crippen LogP contribution in [-0.2, 0) is 16.0 Å². The molecule has 0 radical (unpaired) electrons. The van der Waals surface area contributed by atoms with Crippen LogP contribution in [0, 0.1) is 5.82 Å². The van der Waals surface area contributed by atoms with Crippen molar-refractivity contribution in [3.05, 3.63) is 70.4 Å². The molecule has 0 aliphatic heterocycles. The number of hydrogen-bond donors (Lipinski definition) is 2. The summed E-state index contributed by atoms with van der Waals surface area (Å²) in [6.07, 6.45) is 0.460. The Bertz CT molecular complexity index is 977. The zero-order valence-corrected chi connectivity index (χ0v) is 15.6. The molecule has 0 aliphatic carbocycles. The maximum absolute atomic E-state index is 13.3. The van der Waals surface area contributed by atoms with Crippen molar-refractivity contribution in [2.45, 2.75) is 6.42 Å². The maximum Gasteiger partial charge on any atom is 0.313 e. The van der Waals surface area contributed by atoms with E-state index in [-0.39, 0.29) is 12.4 Å². The first-order valence-corrected chi connectivity index (χ1v) is 9.32. The summed E-state index contributed by atoms with van der Waals surface area (Å²) in [5.41, 5.74) is 1.91. The molecule has 0 saturated carbocycles. The van der Waals surface area contributed by atoms with Gasteiger partial charge in [-0.25, -0.2) is 9.37 Å². The highest BCUT2D eigenvalue weighted by Crippen LogP contribution is 2.24. The molecule has 0 spiro atoms. The number of amides is 2. The fourth-order valence-corrected chi connectivity index (χ4v) is 3.36. The Hall–Kier alpha value is -2.77. The number of carbonyl (C=O) groups excluding carboxylic acids is 2. The highest BCUT2D eigenvalue weighted by atomic mass is 35.5. The number of nitrogens with one attached hydrogen (secondary N) is 2. The van der Waals surface area contributed by atoms with Gasteiger partial charge in [-0.15, -0.1) is 11.3 Å². The summed E-state index contributed by atoms with van der Waals surface area (Å²) in [4.78, 5) is 28.2. The number of halogens is 2. The summed E-state index contributed by atoms with van der Waals surface area (Å²) in [6, 6.07) is 12.7. The molecule has 2 aromatic carbocycles. The lowest BCUT2D eigenvalue weighted by atomic mass is 10.2. The van der Waals surface area contributed by atoms with Crippen molar-refractivity contribution in [2.24, 2.45) is 0 Å². The number of anilines is 1. The number of thiazole rings is 1. The van der Waals surface area contributed by atoms with E-state index >= 15 is 0 Å². The van der Waals surface area contributed by atoms with Crippen LogP contribution < -0.4 is 10.6 Å². The van der Waals surface area contributed by atoms with Crippen molar-refractivity contribution < 1.29 is 14.0 Å². The molecule has 0 aliphatic rings. The quantitative estimate of drug-likeness (QED) is 0.635. The Morgan fingerprint density at radius 1 is 1.11 bits per heavy atom. The van der Waals surface area contributed by atoms with Gasteiger partial charge in [0.2, 0.25) is 0 Å².